The average molecular weight is 175 g/mol. The topological polar surface area (TPSA) is 38.7 Å². The number of rotatable bonds is 0. The lowest BCUT2D eigenvalue weighted by Gasteiger charge is -1.98. The second kappa shape index (κ2) is 3.01. The molecular formula is C10H9NO2. The Labute approximate surface area is 75.4 Å². The van der Waals surface area contributed by atoms with Gasteiger partial charge in [0.2, 0.25) is 0 Å². The van der Waals surface area contributed by atoms with Crippen molar-refractivity contribution in [1.82, 2.24) is 0 Å². The maximum atomic E-state index is 11.1. The number of nitrogens with zero attached hydrogens (tertiary/aromatic N) is 1. The van der Waals surface area contributed by atoms with Crippen LogP contribution in [-0.4, -0.2) is 12.0 Å². The molecule has 0 fully saturated rings. The molecule has 1 aliphatic heterocycles. The van der Waals surface area contributed by atoms with Gasteiger partial charge in [0.25, 0.3) is 0 Å². The van der Waals surface area contributed by atoms with E-state index in [0.717, 1.165) is 10.6 Å². The van der Waals surface area contributed by atoms with Gasteiger partial charge in [0, 0.05) is 5.22 Å². The Bertz CT molecular complexity index is 450. The predicted molar refractivity (Wildman–Crippen MR) is 47.2 cm³/mol. The Balaban J connectivity index is 2.70. The Morgan fingerprint density at radius 1 is 1.38 bits per heavy atom. The highest BCUT2D eigenvalue weighted by atomic mass is 16.5. The van der Waals surface area contributed by atoms with Gasteiger partial charge in [0.05, 0.1) is 5.36 Å². The van der Waals surface area contributed by atoms with Crippen LogP contribution in [0.5, 0.6) is 0 Å². The number of hydrogen-bond acceptors (Lipinski definition) is 3. The van der Waals surface area contributed by atoms with E-state index < -0.39 is 6.04 Å². The standard InChI is InChI=1S/C10H9NO2/c1-7-10(12)13-6-8-4-2-3-5-9(8)11-7/h2-7H,1H3. The van der Waals surface area contributed by atoms with Gasteiger partial charge in [-0.2, -0.15) is 0 Å². The van der Waals surface area contributed by atoms with E-state index in [1.54, 1.807) is 6.92 Å². The van der Waals surface area contributed by atoms with Crippen LogP contribution < -0.4 is 10.6 Å². The highest BCUT2D eigenvalue weighted by Gasteiger charge is 2.13. The maximum Gasteiger partial charge on any atom is 0.335 e. The minimum atomic E-state index is -0.417. The third kappa shape index (κ3) is 1.45. The van der Waals surface area contributed by atoms with Crippen molar-refractivity contribution in [2.75, 3.05) is 0 Å². The van der Waals surface area contributed by atoms with Crippen LogP contribution in [0, 0.1) is 0 Å². The van der Waals surface area contributed by atoms with E-state index in [4.69, 9.17) is 4.74 Å². The van der Waals surface area contributed by atoms with Crippen molar-refractivity contribution in [3.63, 3.8) is 0 Å². The molecule has 0 amide bonds. The fraction of sp³-hybridized carbons (Fsp3) is 0.200. The Hall–Kier alpha value is -1.64. The molecule has 1 aromatic carbocycles. The second-order valence-electron chi connectivity index (χ2n) is 2.92. The van der Waals surface area contributed by atoms with Crippen LogP contribution in [0.2, 0.25) is 0 Å². The lowest BCUT2D eigenvalue weighted by Crippen LogP contribution is -2.24. The molecule has 3 nitrogen and oxygen atoms in total. The van der Waals surface area contributed by atoms with Gasteiger partial charge in [-0.1, -0.05) is 12.1 Å². The summed E-state index contributed by atoms with van der Waals surface area (Å²) in [6, 6.07) is 7.09. The first-order chi connectivity index (χ1) is 6.27. The summed E-state index contributed by atoms with van der Waals surface area (Å²) in [6.45, 7) is 1.72. The van der Waals surface area contributed by atoms with Crippen molar-refractivity contribution in [3.05, 3.63) is 34.8 Å². The largest absolute Gasteiger partial charge is 0.432 e. The van der Waals surface area contributed by atoms with Gasteiger partial charge in [-0.05, 0) is 19.1 Å². The first-order valence-electron chi connectivity index (χ1n) is 4.11. The quantitative estimate of drug-likeness (QED) is 0.520. The first kappa shape index (κ1) is 7.98. The fourth-order valence-electron chi connectivity index (χ4n) is 1.19. The summed E-state index contributed by atoms with van der Waals surface area (Å²) in [5.41, 5.74) is 0. The van der Waals surface area contributed by atoms with Crippen LogP contribution in [0.25, 0.3) is 6.26 Å². The van der Waals surface area contributed by atoms with E-state index in [1.165, 1.54) is 6.26 Å². The number of esters is 1. The van der Waals surface area contributed by atoms with E-state index in [9.17, 15) is 4.79 Å². The SMILES string of the molecule is CC1N=c2ccccc2=COC1=O. The van der Waals surface area contributed by atoms with Gasteiger partial charge in [-0.15, -0.1) is 0 Å². The zero-order chi connectivity index (χ0) is 9.26. The zero-order valence-electron chi connectivity index (χ0n) is 7.23. The molecule has 0 aromatic heterocycles. The molecule has 1 aromatic rings. The molecule has 0 saturated heterocycles. The molecule has 0 bridgehead atoms. The van der Waals surface area contributed by atoms with E-state index >= 15 is 0 Å². The van der Waals surface area contributed by atoms with Crippen molar-refractivity contribution >= 4 is 12.2 Å². The van der Waals surface area contributed by atoms with E-state index in [1.807, 2.05) is 24.3 Å². The van der Waals surface area contributed by atoms with Gasteiger partial charge < -0.3 is 4.74 Å². The number of benzene rings is 1. The number of carbonyl (C=O) groups excluding carboxylic acids is 1. The van der Waals surface area contributed by atoms with Crippen molar-refractivity contribution in [1.29, 1.82) is 0 Å². The van der Waals surface area contributed by atoms with Crippen LogP contribution >= 0.6 is 0 Å². The van der Waals surface area contributed by atoms with Crippen molar-refractivity contribution in [3.8, 4) is 0 Å². The summed E-state index contributed by atoms with van der Waals surface area (Å²) >= 11 is 0. The van der Waals surface area contributed by atoms with Crippen molar-refractivity contribution in [2.45, 2.75) is 13.0 Å². The van der Waals surface area contributed by atoms with Gasteiger partial charge in [-0.25, -0.2) is 4.79 Å². The molecule has 0 aliphatic carbocycles. The lowest BCUT2D eigenvalue weighted by atomic mass is 10.3. The Morgan fingerprint density at radius 3 is 3.00 bits per heavy atom. The number of ether oxygens (including phenoxy) is 1. The molecule has 2 rings (SSSR count). The second-order valence-corrected chi connectivity index (χ2v) is 2.92. The number of fused-ring (bicyclic) bond motifs is 1. The van der Waals surface area contributed by atoms with Crippen LogP contribution in [-0.2, 0) is 9.53 Å². The minimum absolute atomic E-state index is 0.309. The molecule has 3 heteroatoms. The molecular weight excluding hydrogens is 166 g/mol. The molecule has 1 unspecified atom stereocenters. The molecule has 0 saturated carbocycles. The summed E-state index contributed by atoms with van der Waals surface area (Å²) in [5.74, 6) is -0.309. The Kier molecular flexibility index (Phi) is 1.85. The van der Waals surface area contributed by atoms with E-state index in [-0.39, 0.29) is 5.97 Å². The lowest BCUT2D eigenvalue weighted by molar-refractivity contribution is -0.137. The van der Waals surface area contributed by atoms with E-state index in [2.05, 4.69) is 4.99 Å². The highest BCUT2D eigenvalue weighted by Crippen LogP contribution is 1.94. The summed E-state index contributed by atoms with van der Waals surface area (Å²) in [5, 5.41) is 1.65. The number of cyclic esters (lactones) is 1. The first-order valence-corrected chi connectivity index (χ1v) is 4.11. The summed E-state index contributed by atoms with van der Waals surface area (Å²) in [7, 11) is 0. The third-order valence-corrected chi connectivity index (χ3v) is 1.91. The molecule has 1 aliphatic rings. The average Bonchev–Trinajstić information content (AvgIpc) is 2.28. The zero-order valence-corrected chi connectivity index (χ0v) is 7.23. The predicted octanol–water partition coefficient (Wildman–Crippen LogP) is -0.0105. The van der Waals surface area contributed by atoms with Gasteiger partial charge in [0.15, 0.2) is 0 Å². The van der Waals surface area contributed by atoms with Gasteiger partial charge in [0.1, 0.15) is 12.3 Å². The number of carbonyl (C=O) groups is 1. The number of hydrogen-bond donors (Lipinski definition) is 0. The minimum Gasteiger partial charge on any atom is -0.432 e. The van der Waals surface area contributed by atoms with Crippen LogP contribution in [0.15, 0.2) is 29.3 Å². The van der Waals surface area contributed by atoms with Crippen LogP contribution in [0.1, 0.15) is 6.92 Å². The van der Waals surface area contributed by atoms with Crippen molar-refractivity contribution < 1.29 is 9.53 Å². The highest BCUT2D eigenvalue weighted by molar-refractivity contribution is 5.77. The number of para-hydroxylation sites is 1. The fourth-order valence-corrected chi connectivity index (χ4v) is 1.19. The van der Waals surface area contributed by atoms with Gasteiger partial charge >= 0.3 is 5.97 Å². The summed E-state index contributed by atoms with van der Waals surface area (Å²) in [6.07, 6.45) is 1.45. The third-order valence-electron chi connectivity index (χ3n) is 1.91. The monoisotopic (exact) mass is 175 g/mol. The molecule has 0 N–H and O–H groups in total. The smallest absolute Gasteiger partial charge is 0.335 e. The molecule has 1 atom stereocenters. The molecule has 66 valence electrons. The molecule has 13 heavy (non-hydrogen) atoms. The molecule has 0 spiro atoms. The summed E-state index contributed by atoms with van der Waals surface area (Å²) in [4.78, 5) is 15.4. The maximum absolute atomic E-state index is 11.1. The van der Waals surface area contributed by atoms with Gasteiger partial charge in [-0.3, -0.25) is 4.99 Å². The van der Waals surface area contributed by atoms with Crippen LogP contribution in [0.4, 0.5) is 0 Å². The molecule has 1 heterocycles. The molecule has 0 radical (unpaired) electrons. The van der Waals surface area contributed by atoms with Crippen molar-refractivity contribution in [2.24, 2.45) is 4.99 Å². The Morgan fingerprint density at radius 2 is 2.15 bits per heavy atom. The summed E-state index contributed by atoms with van der Waals surface area (Å²) < 4.78 is 4.88. The van der Waals surface area contributed by atoms with E-state index in [0.29, 0.717) is 0 Å². The van der Waals surface area contributed by atoms with Crippen LogP contribution in [0.3, 0.4) is 0 Å². The normalized spacial score (nSPS) is 20.4.